The van der Waals surface area contributed by atoms with E-state index in [0.29, 0.717) is 10.8 Å². The van der Waals surface area contributed by atoms with Crippen LogP contribution in [0.4, 0.5) is 0 Å². The number of hydrogen-bond acceptors (Lipinski definition) is 0. The molecule has 0 nitrogen and oxygen atoms in total. The predicted octanol–water partition coefficient (Wildman–Crippen LogP) is 22.4. The lowest BCUT2D eigenvalue weighted by Gasteiger charge is -2.42. The Morgan fingerprint density at radius 2 is 0.889 bits per heavy atom. The standard InChI is InChI=1S/9C7H14/c1-6-4-7(2,3)5-6;1-6-4-5-7(6,2)3;1-6(2)7-4-3-5-7;1-3-7-4-6(2)5-7;2*1-3-7(2)5-4-6-7;2*1-3-7-5-4-6(7)2;1-2-4-7-5-3-6-7/h2*6H,4-5H2,1-3H3;2*6-7H,3-5H2,1-2H3;2*3-6H2,1-2H3;2*6-7H,3-5H2,1-2H3;7H,2-6H2,1H3/t;6-;;;;;6-,7?;;/m.0....0../s1. The van der Waals surface area contributed by atoms with Crippen molar-refractivity contribution in [1.82, 2.24) is 0 Å². The van der Waals surface area contributed by atoms with Gasteiger partial charge < -0.3 is 0 Å². The van der Waals surface area contributed by atoms with Crippen molar-refractivity contribution in [3.05, 3.63) is 0 Å². The molecular weight excluding hydrogens is 757 g/mol. The van der Waals surface area contributed by atoms with E-state index in [0.717, 1.165) is 75.9 Å². The Labute approximate surface area is 402 Å². The van der Waals surface area contributed by atoms with Crippen LogP contribution in [0.3, 0.4) is 0 Å². The molecule has 3 unspecified atom stereocenters. The number of rotatable bonds is 8. The monoisotopic (exact) mass is 883 g/mol. The zero-order chi connectivity index (χ0) is 47.9. The molecule has 0 N–H and O–H groups in total. The van der Waals surface area contributed by atoms with E-state index < -0.39 is 0 Å². The van der Waals surface area contributed by atoms with Crippen molar-refractivity contribution < 1.29 is 0 Å². The Morgan fingerprint density at radius 1 is 0.460 bits per heavy atom. The van der Waals surface area contributed by atoms with Crippen molar-refractivity contribution in [2.75, 3.05) is 0 Å². The van der Waals surface area contributed by atoms with Crippen molar-refractivity contribution >= 4 is 0 Å². The van der Waals surface area contributed by atoms with Crippen LogP contribution in [0.25, 0.3) is 0 Å². The average Bonchev–Trinajstić information content (AvgIpc) is 3.15. The summed E-state index contributed by atoms with van der Waals surface area (Å²) >= 11 is 0. The normalized spacial score (nSPS) is 31.7. The maximum atomic E-state index is 2.39. The van der Waals surface area contributed by atoms with Gasteiger partial charge in [-0.2, -0.15) is 0 Å². The van der Waals surface area contributed by atoms with Gasteiger partial charge in [-0.15, -0.1) is 0 Å². The van der Waals surface area contributed by atoms with E-state index >= 15 is 0 Å². The topological polar surface area (TPSA) is 0 Å². The Balaban J connectivity index is 0.000000354. The molecule has 9 fully saturated rings. The van der Waals surface area contributed by atoms with Gasteiger partial charge in [0.05, 0.1) is 0 Å². The lowest BCUT2D eigenvalue weighted by molar-refractivity contribution is 0.0892. The molecule has 0 amide bonds. The zero-order valence-corrected chi connectivity index (χ0v) is 47.9. The molecule has 0 aromatic carbocycles. The van der Waals surface area contributed by atoms with E-state index in [2.05, 4.69) is 132 Å². The van der Waals surface area contributed by atoms with E-state index in [-0.39, 0.29) is 0 Å². The first-order valence-electron chi connectivity index (χ1n) is 29.5. The van der Waals surface area contributed by atoms with Gasteiger partial charge in [0, 0.05) is 0 Å². The molecule has 0 heteroatoms. The Kier molecular flexibility index (Phi) is 30.2. The third-order valence-electron chi connectivity index (χ3n) is 19.9. The summed E-state index contributed by atoms with van der Waals surface area (Å²) in [5.41, 5.74) is 2.90. The molecule has 0 spiro atoms. The lowest BCUT2D eigenvalue weighted by atomic mass is 9.64. The third kappa shape index (κ3) is 24.7. The van der Waals surface area contributed by atoms with Crippen LogP contribution in [0.2, 0.25) is 0 Å². The van der Waals surface area contributed by atoms with Gasteiger partial charge in [-0.1, -0.05) is 241 Å². The van der Waals surface area contributed by atoms with Crippen molar-refractivity contribution in [3.63, 3.8) is 0 Å². The SMILES string of the molecule is CC(C)C1CCC1.CC1CC(C)(C)C1.CCC1(C)CCC1.CCC1(C)CCC1.CCC1CC(C)C1.CCC1CCC1C.CCC1CC[C@@H]1C.CCCC1CCC1.C[C@H]1CCC1(C)C. The molecule has 0 heterocycles. The smallest absolute Gasteiger partial charge is 0.0328 e. The van der Waals surface area contributed by atoms with Crippen LogP contribution in [0.1, 0.15) is 318 Å². The zero-order valence-electron chi connectivity index (χ0n) is 47.9. The largest absolute Gasteiger partial charge is 0.0654 e. The van der Waals surface area contributed by atoms with Crippen LogP contribution in [-0.4, -0.2) is 0 Å². The molecular formula is C63H126. The molecule has 9 aliphatic carbocycles. The summed E-state index contributed by atoms with van der Waals surface area (Å²) in [5.74, 6) is 11.6. The van der Waals surface area contributed by atoms with Crippen LogP contribution in [0.15, 0.2) is 0 Å². The molecule has 0 aliphatic heterocycles. The predicted molar refractivity (Wildman–Crippen MR) is 290 cm³/mol. The summed E-state index contributed by atoms with van der Waals surface area (Å²) in [6, 6.07) is 0. The van der Waals surface area contributed by atoms with Gasteiger partial charge in [-0.05, 0) is 164 Å². The van der Waals surface area contributed by atoms with Crippen LogP contribution in [0.5, 0.6) is 0 Å². The second-order valence-corrected chi connectivity index (χ2v) is 27.0. The van der Waals surface area contributed by atoms with Crippen molar-refractivity contribution in [2.45, 2.75) is 318 Å². The summed E-state index contributed by atoms with van der Waals surface area (Å²) in [5, 5.41) is 0. The molecule has 0 bridgehead atoms. The van der Waals surface area contributed by atoms with Gasteiger partial charge in [-0.3, -0.25) is 0 Å². The van der Waals surface area contributed by atoms with Crippen molar-refractivity contribution in [1.29, 1.82) is 0 Å². The molecule has 9 rings (SSSR count). The second-order valence-electron chi connectivity index (χ2n) is 27.0. The summed E-state index contributed by atoms with van der Waals surface area (Å²) in [6.07, 6.45) is 42.5. The van der Waals surface area contributed by atoms with E-state index in [4.69, 9.17) is 0 Å². The van der Waals surface area contributed by atoms with Gasteiger partial charge in [0.25, 0.3) is 0 Å². The molecule has 9 aliphatic rings. The minimum absolute atomic E-state index is 0.681. The first-order chi connectivity index (χ1) is 29.5. The van der Waals surface area contributed by atoms with E-state index in [1.807, 2.05) is 0 Å². The first-order valence-corrected chi connectivity index (χ1v) is 29.5. The maximum absolute atomic E-state index is 2.39. The van der Waals surface area contributed by atoms with E-state index in [1.165, 1.54) is 186 Å². The second kappa shape index (κ2) is 31.2. The fraction of sp³-hybridized carbons (Fsp3) is 1.00. The van der Waals surface area contributed by atoms with Crippen LogP contribution < -0.4 is 0 Å². The molecule has 0 saturated heterocycles. The van der Waals surface area contributed by atoms with Crippen LogP contribution in [0, 0.1) is 86.8 Å². The van der Waals surface area contributed by atoms with Crippen LogP contribution in [-0.2, 0) is 0 Å². The van der Waals surface area contributed by atoms with Gasteiger partial charge in [-0.25, -0.2) is 0 Å². The van der Waals surface area contributed by atoms with Gasteiger partial charge in [0.2, 0.25) is 0 Å². The Hall–Kier alpha value is 0. The third-order valence-corrected chi connectivity index (χ3v) is 19.9. The fourth-order valence-corrected chi connectivity index (χ4v) is 11.5. The average molecular weight is 884 g/mol. The summed E-state index contributed by atoms with van der Waals surface area (Å²) in [6.45, 7) is 44.2. The highest BCUT2D eigenvalue weighted by Gasteiger charge is 2.34. The van der Waals surface area contributed by atoms with E-state index in [9.17, 15) is 0 Å². The fourth-order valence-electron chi connectivity index (χ4n) is 11.5. The van der Waals surface area contributed by atoms with Gasteiger partial charge in [0.1, 0.15) is 0 Å². The maximum Gasteiger partial charge on any atom is -0.0328 e. The first kappa shape index (κ1) is 61.0. The lowest BCUT2D eigenvalue weighted by Crippen LogP contribution is -2.31. The minimum Gasteiger partial charge on any atom is -0.0654 e. The van der Waals surface area contributed by atoms with Crippen molar-refractivity contribution in [2.24, 2.45) is 86.8 Å². The van der Waals surface area contributed by atoms with E-state index in [1.54, 1.807) is 0 Å². The van der Waals surface area contributed by atoms with Crippen LogP contribution >= 0.6 is 0 Å². The summed E-state index contributed by atoms with van der Waals surface area (Å²) < 4.78 is 0. The molecule has 5 atom stereocenters. The molecule has 0 aromatic heterocycles. The molecule has 9 saturated carbocycles. The van der Waals surface area contributed by atoms with Crippen molar-refractivity contribution in [3.8, 4) is 0 Å². The highest BCUT2D eigenvalue weighted by Crippen LogP contribution is 2.46. The minimum atomic E-state index is 0.681. The van der Waals surface area contributed by atoms with Gasteiger partial charge in [0.15, 0.2) is 0 Å². The highest BCUT2D eigenvalue weighted by molar-refractivity contribution is 4.86. The molecule has 63 heavy (non-hydrogen) atoms. The quantitative estimate of drug-likeness (QED) is 0.228. The molecule has 0 aromatic rings. The van der Waals surface area contributed by atoms with Gasteiger partial charge >= 0.3 is 0 Å². The summed E-state index contributed by atoms with van der Waals surface area (Å²) in [7, 11) is 0. The summed E-state index contributed by atoms with van der Waals surface area (Å²) in [4.78, 5) is 0. The molecule has 378 valence electrons. The molecule has 0 radical (unpaired) electrons. The Bertz CT molecular complexity index is 986. The highest BCUT2D eigenvalue weighted by atomic mass is 14.4. The Morgan fingerprint density at radius 3 is 0.921 bits per heavy atom. The number of hydrogen-bond donors (Lipinski definition) is 0.